The first-order chi connectivity index (χ1) is 11.9. The first-order valence-electron chi connectivity index (χ1n) is 8.66. The van der Waals surface area contributed by atoms with Gasteiger partial charge in [0.25, 0.3) is 0 Å². The lowest BCUT2D eigenvalue weighted by molar-refractivity contribution is 0.0655. The van der Waals surface area contributed by atoms with Crippen molar-refractivity contribution in [2.75, 3.05) is 7.11 Å². The zero-order valence-electron chi connectivity index (χ0n) is 15.5. The lowest BCUT2D eigenvalue weighted by atomic mass is 9.89. The first kappa shape index (κ1) is 17.5. The summed E-state index contributed by atoms with van der Waals surface area (Å²) in [6, 6.07) is 6.21. The van der Waals surface area contributed by atoms with Crippen LogP contribution in [-0.4, -0.2) is 22.5 Å². The monoisotopic (exact) mass is 341 g/mol. The fourth-order valence-corrected chi connectivity index (χ4v) is 3.33. The molecule has 0 unspecified atom stereocenters. The number of nitrogens with one attached hydrogen (secondary N) is 1. The minimum atomic E-state index is -0.207. The van der Waals surface area contributed by atoms with E-state index in [1.54, 1.807) is 7.11 Å². The van der Waals surface area contributed by atoms with Crippen LogP contribution >= 0.6 is 0 Å². The molecule has 1 aromatic heterocycles. The van der Waals surface area contributed by atoms with Crippen molar-refractivity contribution in [3.8, 4) is 11.5 Å². The maximum absolute atomic E-state index is 6.14. The fourth-order valence-electron chi connectivity index (χ4n) is 3.33. The number of rotatable bonds is 6. The first-order valence-corrected chi connectivity index (χ1v) is 8.66. The summed E-state index contributed by atoms with van der Waals surface area (Å²) in [6.45, 7) is 11.6. The summed E-state index contributed by atoms with van der Waals surface area (Å²) in [7, 11) is 1.69. The molecule has 2 aromatic rings. The Bertz CT molecular complexity index is 764. The van der Waals surface area contributed by atoms with Crippen molar-refractivity contribution in [2.45, 2.75) is 51.9 Å². The molecule has 0 saturated carbocycles. The largest absolute Gasteiger partial charge is 0.497 e. The highest BCUT2D eigenvalue weighted by atomic mass is 16.5. The Kier molecular flexibility index (Phi) is 4.86. The minimum absolute atomic E-state index is 0.205. The number of hydrogen-bond acceptors (Lipinski definition) is 4. The summed E-state index contributed by atoms with van der Waals surface area (Å²) in [5.74, 6) is 1.78. The molecule has 0 spiro atoms. The predicted octanol–water partition coefficient (Wildman–Crippen LogP) is 3.78. The van der Waals surface area contributed by atoms with Crippen LogP contribution in [0.25, 0.3) is 0 Å². The molecule has 0 aliphatic carbocycles. The number of benzene rings is 1. The van der Waals surface area contributed by atoms with Crippen LogP contribution in [0.3, 0.4) is 0 Å². The number of allylic oxidation sites excluding steroid dienone is 1. The molecule has 2 heterocycles. The van der Waals surface area contributed by atoms with E-state index < -0.39 is 0 Å². The van der Waals surface area contributed by atoms with Crippen molar-refractivity contribution in [1.29, 1.82) is 0 Å². The number of ether oxygens (including phenoxy) is 2. The third-order valence-electron chi connectivity index (χ3n) is 4.58. The molecule has 3 rings (SSSR count). The number of aromatic nitrogens is 2. The Morgan fingerprint density at radius 3 is 3.00 bits per heavy atom. The van der Waals surface area contributed by atoms with Crippen molar-refractivity contribution in [3.05, 3.63) is 53.9 Å². The summed E-state index contributed by atoms with van der Waals surface area (Å²) in [4.78, 5) is 0. The van der Waals surface area contributed by atoms with E-state index in [4.69, 9.17) is 9.47 Å². The zero-order chi connectivity index (χ0) is 18.0. The van der Waals surface area contributed by atoms with Crippen LogP contribution in [0.1, 0.15) is 43.1 Å². The van der Waals surface area contributed by atoms with Crippen molar-refractivity contribution in [3.63, 3.8) is 0 Å². The number of methoxy groups -OCH3 is 1. The number of fused-ring (bicyclic) bond motifs is 1. The molecule has 134 valence electrons. The van der Waals surface area contributed by atoms with E-state index in [1.807, 2.05) is 29.8 Å². The molecule has 0 radical (unpaired) electrons. The van der Waals surface area contributed by atoms with Gasteiger partial charge >= 0.3 is 0 Å². The number of nitrogens with zero attached hydrogens (tertiary/aromatic N) is 2. The highest BCUT2D eigenvalue weighted by Gasteiger charge is 2.33. The summed E-state index contributed by atoms with van der Waals surface area (Å²) >= 11 is 0. The Morgan fingerprint density at radius 2 is 2.28 bits per heavy atom. The molecule has 1 aliphatic heterocycles. The zero-order valence-corrected chi connectivity index (χ0v) is 15.5. The smallest absolute Gasteiger partial charge is 0.125 e. The van der Waals surface area contributed by atoms with Crippen molar-refractivity contribution >= 4 is 0 Å². The molecule has 5 heteroatoms. The van der Waals surface area contributed by atoms with E-state index >= 15 is 0 Å². The van der Waals surface area contributed by atoms with Crippen LogP contribution in [-0.2, 0) is 13.1 Å². The van der Waals surface area contributed by atoms with E-state index in [-0.39, 0.29) is 11.6 Å². The molecule has 1 aromatic carbocycles. The topological polar surface area (TPSA) is 48.3 Å². The van der Waals surface area contributed by atoms with Crippen molar-refractivity contribution in [1.82, 2.24) is 15.1 Å². The van der Waals surface area contributed by atoms with Crippen LogP contribution in [0.2, 0.25) is 0 Å². The molecule has 0 fully saturated rings. The number of hydrogen-bond donors (Lipinski definition) is 1. The second-order valence-electron chi connectivity index (χ2n) is 7.15. The summed E-state index contributed by atoms with van der Waals surface area (Å²) in [5.41, 5.74) is 3.19. The summed E-state index contributed by atoms with van der Waals surface area (Å²) < 4.78 is 13.4. The average molecular weight is 341 g/mol. The van der Waals surface area contributed by atoms with Gasteiger partial charge in [-0.1, -0.05) is 6.08 Å². The van der Waals surface area contributed by atoms with Gasteiger partial charge in [0.2, 0.25) is 0 Å². The third-order valence-corrected chi connectivity index (χ3v) is 4.58. The van der Waals surface area contributed by atoms with Gasteiger partial charge in [-0.05, 0) is 39.0 Å². The van der Waals surface area contributed by atoms with Crippen LogP contribution < -0.4 is 14.8 Å². The van der Waals surface area contributed by atoms with E-state index in [2.05, 4.69) is 43.1 Å². The molecule has 25 heavy (non-hydrogen) atoms. The van der Waals surface area contributed by atoms with E-state index in [9.17, 15) is 0 Å². The lowest BCUT2D eigenvalue weighted by Crippen LogP contribution is -2.39. The second-order valence-corrected chi connectivity index (χ2v) is 7.15. The van der Waals surface area contributed by atoms with E-state index in [0.717, 1.165) is 42.3 Å². The van der Waals surface area contributed by atoms with Crippen LogP contribution in [0.15, 0.2) is 37.1 Å². The molecule has 0 saturated heterocycles. The normalized spacial score (nSPS) is 18.3. The van der Waals surface area contributed by atoms with Gasteiger partial charge in [-0.15, -0.1) is 6.58 Å². The summed E-state index contributed by atoms with van der Waals surface area (Å²) in [6.07, 6.45) is 4.83. The Morgan fingerprint density at radius 1 is 1.48 bits per heavy atom. The molecular formula is C20H27N3O2. The Hall–Kier alpha value is -2.27. The van der Waals surface area contributed by atoms with Gasteiger partial charge in [-0.25, -0.2) is 0 Å². The third kappa shape index (κ3) is 3.87. The molecule has 5 nitrogen and oxygen atoms in total. The van der Waals surface area contributed by atoms with E-state index in [0.29, 0.717) is 0 Å². The molecular weight excluding hydrogens is 314 g/mol. The molecule has 1 atom stereocenters. The molecule has 1 aliphatic rings. The van der Waals surface area contributed by atoms with E-state index in [1.165, 1.54) is 5.56 Å². The van der Waals surface area contributed by atoms with Gasteiger partial charge < -0.3 is 14.8 Å². The second kappa shape index (κ2) is 6.92. The van der Waals surface area contributed by atoms with Crippen LogP contribution in [0.5, 0.6) is 11.5 Å². The molecule has 0 bridgehead atoms. The highest BCUT2D eigenvalue weighted by molar-refractivity contribution is 5.44. The van der Waals surface area contributed by atoms with Gasteiger partial charge in [0.15, 0.2) is 0 Å². The van der Waals surface area contributed by atoms with Crippen LogP contribution in [0, 0.1) is 6.92 Å². The Labute approximate surface area is 149 Å². The SMILES string of the molecule is C=CCn1cc(CN[C@@H]2CC(C)(C)Oc3ccc(OC)cc32)c(C)n1. The van der Waals surface area contributed by atoms with Gasteiger partial charge in [0, 0.05) is 36.3 Å². The maximum atomic E-state index is 6.14. The van der Waals surface area contributed by atoms with Crippen molar-refractivity contribution in [2.24, 2.45) is 0 Å². The average Bonchev–Trinajstić information content (AvgIpc) is 2.91. The van der Waals surface area contributed by atoms with Gasteiger partial charge in [0.1, 0.15) is 17.1 Å². The van der Waals surface area contributed by atoms with Gasteiger partial charge in [-0.3, -0.25) is 4.68 Å². The fraction of sp³-hybridized carbons (Fsp3) is 0.450. The maximum Gasteiger partial charge on any atom is 0.125 e. The quantitative estimate of drug-likeness (QED) is 0.813. The highest BCUT2D eigenvalue weighted by Crippen LogP contribution is 2.41. The van der Waals surface area contributed by atoms with Crippen molar-refractivity contribution < 1.29 is 9.47 Å². The number of aryl methyl sites for hydroxylation is 1. The minimum Gasteiger partial charge on any atom is -0.497 e. The standard InChI is InChI=1S/C20H27N3O2/c1-6-9-23-13-15(14(2)22-23)12-21-18-11-20(3,4)25-19-8-7-16(24-5)10-17(18)19/h6-8,10,13,18,21H,1,9,11-12H2,2-5H3/t18-/m1/s1. The predicted molar refractivity (Wildman–Crippen MR) is 99.1 cm³/mol. The van der Waals surface area contributed by atoms with Gasteiger partial charge in [-0.2, -0.15) is 5.10 Å². The van der Waals surface area contributed by atoms with Crippen LogP contribution in [0.4, 0.5) is 0 Å². The molecule has 0 amide bonds. The Balaban J connectivity index is 1.81. The summed E-state index contributed by atoms with van der Waals surface area (Å²) in [5, 5.41) is 8.21. The lowest BCUT2D eigenvalue weighted by Gasteiger charge is -2.38. The molecule has 1 N–H and O–H groups in total. The van der Waals surface area contributed by atoms with Gasteiger partial charge in [0.05, 0.1) is 19.3 Å².